The summed E-state index contributed by atoms with van der Waals surface area (Å²) in [6.45, 7) is 13.5. The summed E-state index contributed by atoms with van der Waals surface area (Å²) < 4.78 is 0. The van der Waals surface area contributed by atoms with Gasteiger partial charge >= 0.3 is 0 Å². The standard InChI is InChI=1S/C15H26N2/c1-7-12(9-16-5)14-10-17(6)15(11(3)4)13(14)8-2/h8,10,12-13,15-16H,2-3,7,9H2,1,4-6H3. The van der Waals surface area contributed by atoms with E-state index >= 15 is 0 Å². The van der Waals surface area contributed by atoms with E-state index in [-0.39, 0.29) is 0 Å². The molecule has 0 saturated heterocycles. The van der Waals surface area contributed by atoms with E-state index in [0.29, 0.717) is 17.9 Å². The summed E-state index contributed by atoms with van der Waals surface area (Å²) in [7, 11) is 4.15. The molecule has 0 amide bonds. The Labute approximate surface area is 106 Å². The lowest BCUT2D eigenvalue weighted by atomic mass is 9.83. The molecule has 0 aromatic heterocycles. The molecule has 3 unspecified atom stereocenters. The monoisotopic (exact) mass is 234 g/mol. The zero-order valence-electron chi connectivity index (χ0n) is 11.7. The van der Waals surface area contributed by atoms with Crippen LogP contribution in [0.2, 0.25) is 0 Å². The molecular formula is C15H26N2. The van der Waals surface area contributed by atoms with Crippen molar-refractivity contribution in [1.29, 1.82) is 0 Å². The van der Waals surface area contributed by atoms with Gasteiger partial charge in [-0.25, -0.2) is 0 Å². The van der Waals surface area contributed by atoms with E-state index < -0.39 is 0 Å². The first-order valence-electron chi connectivity index (χ1n) is 6.42. The van der Waals surface area contributed by atoms with Crippen molar-refractivity contribution in [3.63, 3.8) is 0 Å². The molecule has 1 heterocycles. The Balaban J connectivity index is 2.95. The molecule has 0 saturated carbocycles. The SMILES string of the molecule is C=CC1C(C(CC)CNC)=CN(C)C1C(=C)C. The topological polar surface area (TPSA) is 15.3 Å². The van der Waals surface area contributed by atoms with E-state index in [4.69, 9.17) is 0 Å². The molecule has 2 heteroatoms. The van der Waals surface area contributed by atoms with Gasteiger partial charge in [0.1, 0.15) is 0 Å². The third-order valence-corrected chi connectivity index (χ3v) is 3.69. The number of nitrogens with one attached hydrogen (secondary N) is 1. The first-order chi connectivity index (χ1) is 8.06. The van der Waals surface area contributed by atoms with E-state index in [1.54, 1.807) is 0 Å². The molecule has 0 spiro atoms. The first-order valence-corrected chi connectivity index (χ1v) is 6.42. The summed E-state index contributed by atoms with van der Waals surface area (Å²) in [5.74, 6) is 1.01. The summed E-state index contributed by atoms with van der Waals surface area (Å²) in [4.78, 5) is 2.28. The van der Waals surface area contributed by atoms with Crippen molar-refractivity contribution in [3.8, 4) is 0 Å². The number of rotatable bonds is 6. The van der Waals surface area contributed by atoms with Crippen LogP contribution in [-0.2, 0) is 0 Å². The minimum atomic E-state index is 0.383. The van der Waals surface area contributed by atoms with Gasteiger partial charge in [0.15, 0.2) is 0 Å². The van der Waals surface area contributed by atoms with Crippen LogP contribution in [-0.4, -0.2) is 31.6 Å². The van der Waals surface area contributed by atoms with Gasteiger partial charge in [0.05, 0.1) is 6.04 Å². The summed E-state index contributed by atoms with van der Waals surface area (Å²) >= 11 is 0. The number of hydrogen-bond acceptors (Lipinski definition) is 2. The molecule has 0 radical (unpaired) electrons. The van der Waals surface area contributed by atoms with Crippen LogP contribution in [0.4, 0.5) is 0 Å². The molecule has 3 atom stereocenters. The molecule has 2 nitrogen and oxygen atoms in total. The largest absolute Gasteiger partial charge is 0.373 e. The fraction of sp³-hybridized carbons (Fsp3) is 0.600. The lowest BCUT2D eigenvalue weighted by molar-refractivity contribution is 0.360. The lowest BCUT2D eigenvalue weighted by Gasteiger charge is -2.27. The second-order valence-electron chi connectivity index (χ2n) is 5.01. The van der Waals surface area contributed by atoms with Gasteiger partial charge in [-0.1, -0.05) is 25.2 Å². The Hall–Kier alpha value is -1.02. The van der Waals surface area contributed by atoms with Crippen LogP contribution in [0.25, 0.3) is 0 Å². The fourth-order valence-electron chi connectivity index (χ4n) is 2.88. The predicted molar refractivity (Wildman–Crippen MR) is 75.8 cm³/mol. The Bertz CT molecular complexity index is 317. The summed E-state index contributed by atoms with van der Waals surface area (Å²) in [5, 5.41) is 3.28. The van der Waals surface area contributed by atoms with Crippen LogP contribution < -0.4 is 5.32 Å². The highest BCUT2D eigenvalue weighted by molar-refractivity contribution is 5.30. The third-order valence-electron chi connectivity index (χ3n) is 3.69. The Morgan fingerprint density at radius 3 is 2.71 bits per heavy atom. The van der Waals surface area contributed by atoms with E-state index in [1.807, 2.05) is 7.05 Å². The maximum Gasteiger partial charge on any atom is 0.0589 e. The highest BCUT2D eigenvalue weighted by Crippen LogP contribution is 2.37. The lowest BCUT2D eigenvalue weighted by Crippen LogP contribution is -2.31. The van der Waals surface area contributed by atoms with Gasteiger partial charge in [-0.3, -0.25) is 0 Å². The first kappa shape index (κ1) is 14.0. The third kappa shape index (κ3) is 2.81. The Morgan fingerprint density at radius 1 is 1.65 bits per heavy atom. The summed E-state index contributed by atoms with van der Waals surface area (Å²) in [5.41, 5.74) is 2.70. The van der Waals surface area contributed by atoms with Gasteiger partial charge in [-0.05, 0) is 38.1 Å². The van der Waals surface area contributed by atoms with Crippen molar-refractivity contribution in [3.05, 3.63) is 36.6 Å². The van der Waals surface area contributed by atoms with Crippen molar-refractivity contribution < 1.29 is 0 Å². The van der Waals surface area contributed by atoms with Crippen molar-refractivity contribution >= 4 is 0 Å². The number of likely N-dealkylation sites (N-methyl/N-ethyl adjacent to an activating group) is 1. The molecule has 1 N–H and O–H groups in total. The second kappa shape index (κ2) is 6.06. The van der Waals surface area contributed by atoms with Crippen molar-refractivity contribution in [2.24, 2.45) is 11.8 Å². The van der Waals surface area contributed by atoms with Gasteiger partial charge < -0.3 is 10.2 Å². The Kier molecular flexibility index (Phi) is 5.01. The van der Waals surface area contributed by atoms with Crippen LogP contribution in [0.15, 0.2) is 36.6 Å². The molecule has 0 bridgehead atoms. The van der Waals surface area contributed by atoms with Gasteiger partial charge in [0.25, 0.3) is 0 Å². The quantitative estimate of drug-likeness (QED) is 0.711. The molecule has 0 aromatic carbocycles. The van der Waals surface area contributed by atoms with Gasteiger partial charge in [0, 0.05) is 19.5 Å². The zero-order valence-corrected chi connectivity index (χ0v) is 11.7. The van der Waals surface area contributed by atoms with E-state index in [9.17, 15) is 0 Å². The van der Waals surface area contributed by atoms with Crippen LogP contribution in [0, 0.1) is 11.8 Å². The summed E-state index contributed by atoms with van der Waals surface area (Å²) in [6.07, 6.45) is 5.53. The average Bonchev–Trinajstić information content (AvgIpc) is 2.62. The maximum atomic E-state index is 4.11. The van der Waals surface area contributed by atoms with Crippen molar-refractivity contribution in [1.82, 2.24) is 10.2 Å². The maximum absolute atomic E-state index is 4.11. The molecule has 0 aliphatic carbocycles. The smallest absolute Gasteiger partial charge is 0.0589 e. The van der Waals surface area contributed by atoms with E-state index in [0.717, 1.165) is 13.0 Å². The predicted octanol–water partition coefficient (Wildman–Crippen LogP) is 2.81. The van der Waals surface area contributed by atoms with Crippen LogP contribution in [0.1, 0.15) is 20.3 Å². The average molecular weight is 234 g/mol. The molecule has 1 aliphatic rings. The highest BCUT2D eigenvalue weighted by atomic mass is 15.1. The van der Waals surface area contributed by atoms with Gasteiger partial charge in [-0.15, -0.1) is 6.58 Å². The molecule has 96 valence electrons. The second-order valence-corrected chi connectivity index (χ2v) is 5.01. The molecule has 1 rings (SSSR count). The van der Waals surface area contributed by atoms with Crippen molar-refractivity contribution in [2.45, 2.75) is 26.3 Å². The minimum Gasteiger partial charge on any atom is -0.373 e. The molecule has 0 fully saturated rings. The molecular weight excluding hydrogens is 208 g/mol. The summed E-state index contributed by atoms with van der Waals surface area (Å²) in [6, 6.07) is 0.383. The molecule has 0 aromatic rings. The highest BCUT2D eigenvalue weighted by Gasteiger charge is 2.34. The van der Waals surface area contributed by atoms with E-state index in [1.165, 1.54) is 11.1 Å². The zero-order chi connectivity index (χ0) is 13.0. The van der Waals surface area contributed by atoms with Crippen LogP contribution in [0.3, 0.4) is 0 Å². The molecule has 17 heavy (non-hydrogen) atoms. The van der Waals surface area contributed by atoms with Crippen LogP contribution in [0.5, 0.6) is 0 Å². The van der Waals surface area contributed by atoms with Crippen LogP contribution >= 0.6 is 0 Å². The van der Waals surface area contributed by atoms with Gasteiger partial charge in [-0.2, -0.15) is 0 Å². The Morgan fingerprint density at radius 2 is 2.29 bits per heavy atom. The molecule has 1 aliphatic heterocycles. The fourth-order valence-corrected chi connectivity index (χ4v) is 2.88. The number of hydrogen-bond donors (Lipinski definition) is 1. The normalized spacial score (nSPS) is 25.6. The van der Waals surface area contributed by atoms with E-state index in [2.05, 4.69) is 56.5 Å². The minimum absolute atomic E-state index is 0.383. The van der Waals surface area contributed by atoms with Crippen molar-refractivity contribution in [2.75, 3.05) is 20.6 Å². The number of nitrogens with zero attached hydrogens (tertiary/aromatic N) is 1. The van der Waals surface area contributed by atoms with Gasteiger partial charge in [0.2, 0.25) is 0 Å².